The van der Waals surface area contributed by atoms with Gasteiger partial charge in [-0.2, -0.15) is 0 Å². The number of fused-ring (bicyclic) bond motifs is 1. The van der Waals surface area contributed by atoms with Gasteiger partial charge >= 0.3 is 0 Å². The SMILES string of the molecule is Cc1nc2cc(NS(C)(=O)=O)cc(C(=O)NC[C@@H](C)c3ccccc3)c2n1Cc1ccccc1. The van der Waals surface area contributed by atoms with Crippen LogP contribution >= 0.6 is 0 Å². The minimum atomic E-state index is -3.52. The Labute approximate surface area is 199 Å². The van der Waals surface area contributed by atoms with Gasteiger partial charge in [0.05, 0.1) is 28.5 Å². The molecule has 3 aromatic carbocycles. The van der Waals surface area contributed by atoms with Gasteiger partial charge in [0.15, 0.2) is 0 Å². The van der Waals surface area contributed by atoms with Gasteiger partial charge < -0.3 is 9.88 Å². The van der Waals surface area contributed by atoms with Crippen LogP contribution in [0, 0.1) is 6.92 Å². The summed E-state index contributed by atoms with van der Waals surface area (Å²) < 4.78 is 28.2. The molecule has 1 aromatic heterocycles. The minimum Gasteiger partial charge on any atom is -0.351 e. The first-order chi connectivity index (χ1) is 16.2. The fraction of sp³-hybridized carbons (Fsp3) is 0.231. The summed E-state index contributed by atoms with van der Waals surface area (Å²) in [6.45, 7) is 4.92. The molecule has 34 heavy (non-hydrogen) atoms. The lowest BCUT2D eigenvalue weighted by Gasteiger charge is -2.15. The molecule has 0 bridgehead atoms. The number of amides is 1. The number of nitrogens with zero attached hydrogens (tertiary/aromatic N) is 2. The Kier molecular flexibility index (Phi) is 6.70. The van der Waals surface area contributed by atoms with Crippen LogP contribution in [0.25, 0.3) is 11.0 Å². The lowest BCUT2D eigenvalue weighted by molar-refractivity contribution is 0.0953. The summed E-state index contributed by atoms with van der Waals surface area (Å²) in [7, 11) is -3.52. The molecule has 1 atom stereocenters. The van der Waals surface area contributed by atoms with Crippen LogP contribution in [0.1, 0.15) is 40.2 Å². The molecule has 2 N–H and O–H groups in total. The van der Waals surface area contributed by atoms with Crippen molar-refractivity contribution in [3.63, 3.8) is 0 Å². The number of aryl methyl sites for hydroxylation is 1. The van der Waals surface area contributed by atoms with Crippen molar-refractivity contribution in [3.8, 4) is 0 Å². The average molecular weight is 477 g/mol. The van der Waals surface area contributed by atoms with Gasteiger partial charge in [0.2, 0.25) is 10.0 Å². The number of nitrogens with one attached hydrogen (secondary N) is 2. The van der Waals surface area contributed by atoms with E-state index in [2.05, 4.69) is 21.9 Å². The van der Waals surface area contributed by atoms with E-state index in [1.807, 2.05) is 72.2 Å². The van der Waals surface area contributed by atoms with E-state index in [-0.39, 0.29) is 11.8 Å². The highest BCUT2D eigenvalue weighted by Crippen LogP contribution is 2.27. The molecule has 0 aliphatic carbocycles. The van der Waals surface area contributed by atoms with E-state index in [0.29, 0.717) is 35.4 Å². The van der Waals surface area contributed by atoms with Crippen LogP contribution in [0.2, 0.25) is 0 Å². The Balaban J connectivity index is 1.73. The number of hydrogen-bond acceptors (Lipinski definition) is 4. The van der Waals surface area contributed by atoms with E-state index in [1.54, 1.807) is 12.1 Å². The molecule has 0 unspecified atom stereocenters. The zero-order valence-corrected chi connectivity index (χ0v) is 20.3. The van der Waals surface area contributed by atoms with Crippen molar-refractivity contribution < 1.29 is 13.2 Å². The average Bonchev–Trinajstić information content (AvgIpc) is 3.11. The standard InChI is InChI=1S/C26H28N4O3S/c1-18(21-12-8-5-9-13-21)16-27-26(31)23-14-22(29-34(3,32)33)15-24-25(23)30(19(2)28-24)17-20-10-6-4-7-11-20/h4-15,18,29H,16-17H2,1-3H3,(H,27,31)/t18-/m1/s1. The van der Waals surface area contributed by atoms with Gasteiger partial charge in [-0.25, -0.2) is 13.4 Å². The number of carbonyl (C=O) groups excluding carboxylic acids is 1. The first kappa shape index (κ1) is 23.5. The third kappa shape index (κ3) is 5.46. The predicted octanol–water partition coefficient (Wildman–Crippen LogP) is 4.30. The van der Waals surface area contributed by atoms with Crippen LogP contribution in [0.15, 0.2) is 72.8 Å². The fourth-order valence-corrected chi connectivity index (χ4v) is 4.58. The Bertz CT molecular complexity index is 1410. The van der Waals surface area contributed by atoms with Gasteiger partial charge in [-0.1, -0.05) is 67.6 Å². The summed E-state index contributed by atoms with van der Waals surface area (Å²) in [5, 5.41) is 3.02. The lowest BCUT2D eigenvalue weighted by atomic mass is 10.0. The highest BCUT2D eigenvalue weighted by Gasteiger charge is 2.20. The summed E-state index contributed by atoms with van der Waals surface area (Å²) in [4.78, 5) is 18.0. The fourth-order valence-electron chi connectivity index (χ4n) is 4.03. The molecule has 0 aliphatic heterocycles. The molecule has 1 heterocycles. The van der Waals surface area contributed by atoms with Gasteiger partial charge in [-0.3, -0.25) is 9.52 Å². The molecular formula is C26H28N4O3S. The molecule has 4 rings (SSSR count). The van der Waals surface area contributed by atoms with Crippen molar-refractivity contribution in [2.75, 3.05) is 17.5 Å². The number of sulfonamides is 1. The molecule has 4 aromatic rings. The molecular weight excluding hydrogens is 448 g/mol. The first-order valence-electron chi connectivity index (χ1n) is 11.1. The van der Waals surface area contributed by atoms with Crippen LogP contribution in [-0.2, 0) is 16.6 Å². The number of imidazole rings is 1. The second kappa shape index (κ2) is 9.69. The van der Waals surface area contributed by atoms with Gasteiger partial charge in [0, 0.05) is 13.1 Å². The van der Waals surface area contributed by atoms with Gasteiger partial charge in [0.25, 0.3) is 5.91 Å². The molecule has 0 fully saturated rings. The molecule has 0 saturated heterocycles. The van der Waals surface area contributed by atoms with E-state index < -0.39 is 10.0 Å². The third-order valence-corrected chi connectivity index (χ3v) is 6.31. The smallest absolute Gasteiger partial charge is 0.253 e. The van der Waals surface area contributed by atoms with Crippen LogP contribution in [0.5, 0.6) is 0 Å². The lowest BCUT2D eigenvalue weighted by Crippen LogP contribution is -2.28. The Morgan fingerprint density at radius 2 is 1.68 bits per heavy atom. The van der Waals surface area contributed by atoms with Crippen molar-refractivity contribution in [1.82, 2.24) is 14.9 Å². The Hall–Kier alpha value is -3.65. The monoisotopic (exact) mass is 476 g/mol. The van der Waals surface area contributed by atoms with Crippen LogP contribution in [0.3, 0.4) is 0 Å². The highest BCUT2D eigenvalue weighted by molar-refractivity contribution is 7.92. The maximum absolute atomic E-state index is 13.4. The van der Waals surface area contributed by atoms with Crippen LogP contribution in [0.4, 0.5) is 5.69 Å². The number of carbonyl (C=O) groups is 1. The summed E-state index contributed by atoms with van der Waals surface area (Å²) in [6, 6.07) is 23.1. The molecule has 0 spiro atoms. The third-order valence-electron chi connectivity index (χ3n) is 5.70. The van der Waals surface area contributed by atoms with Crippen LogP contribution in [-0.4, -0.2) is 36.7 Å². The van der Waals surface area contributed by atoms with E-state index in [9.17, 15) is 13.2 Å². The van der Waals surface area contributed by atoms with Gasteiger partial charge in [-0.15, -0.1) is 0 Å². The minimum absolute atomic E-state index is 0.119. The van der Waals surface area contributed by atoms with E-state index in [1.165, 1.54) is 0 Å². The number of hydrogen-bond donors (Lipinski definition) is 2. The zero-order chi connectivity index (χ0) is 24.3. The Morgan fingerprint density at radius 3 is 2.32 bits per heavy atom. The molecule has 176 valence electrons. The molecule has 8 heteroatoms. The van der Waals surface area contributed by atoms with Crippen molar-refractivity contribution in [2.45, 2.75) is 26.3 Å². The van der Waals surface area contributed by atoms with E-state index in [4.69, 9.17) is 0 Å². The van der Waals surface area contributed by atoms with Gasteiger partial charge in [0.1, 0.15) is 5.82 Å². The number of rotatable bonds is 8. The Morgan fingerprint density at radius 1 is 1.03 bits per heavy atom. The molecule has 1 amide bonds. The number of aromatic nitrogens is 2. The quantitative estimate of drug-likeness (QED) is 0.397. The predicted molar refractivity (Wildman–Crippen MR) is 136 cm³/mol. The van der Waals surface area contributed by atoms with Gasteiger partial charge in [-0.05, 0) is 36.1 Å². The highest BCUT2D eigenvalue weighted by atomic mass is 32.2. The second-order valence-corrected chi connectivity index (χ2v) is 10.3. The largest absolute Gasteiger partial charge is 0.351 e. The number of benzene rings is 3. The second-order valence-electron chi connectivity index (χ2n) is 8.52. The van der Waals surface area contributed by atoms with Crippen LogP contribution < -0.4 is 10.0 Å². The first-order valence-corrected chi connectivity index (χ1v) is 13.0. The topological polar surface area (TPSA) is 93.1 Å². The van der Waals surface area contributed by atoms with Crippen molar-refractivity contribution >= 4 is 32.7 Å². The summed E-state index contributed by atoms with van der Waals surface area (Å²) in [6.07, 6.45) is 1.08. The van der Waals surface area contributed by atoms with E-state index in [0.717, 1.165) is 23.2 Å². The van der Waals surface area contributed by atoms with Crippen molar-refractivity contribution in [3.05, 3.63) is 95.3 Å². The summed E-state index contributed by atoms with van der Waals surface area (Å²) in [5.41, 5.74) is 4.12. The zero-order valence-electron chi connectivity index (χ0n) is 19.4. The molecule has 0 saturated carbocycles. The maximum atomic E-state index is 13.4. The summed E-state index contributed by atoms with van der Waals surface area (Å²) >= 11 is 0. The normalized spacial score (nSPS) is 12.4. The maximum Gasteiger partial charge on any atom is 0.253 e. The van der Waals surface area contributed by atoms with Crippen molar-refractivity contribution in [1.29, 1.82) is 0 Å². The summed E-state index contributed by atoms with van der Waals surface area (Å²) in [5.74, 6) is 0.579. The molecule has 0 radical (unpaired) electrons. The molecule has 7 nitrogen and oxygen atoms in total. The number of anilines is 1. The molecule has 0 aliphatic rings. The van der Waals surface area contributed by atoms with Crippen molar-refractivity contribution in [2.24, 2.45) is 0 Å². The van der Waals surface area contributed by atoms with E-state index >= 15 is 0 Å².